The first-order valence-electron chi connectivity index (χ1n) is 6.81. The van der Waals surface area contributed by atoms with Crippen molar-refractivity contribution >= 4 is 35.4 Å². The molecule has 2 saturated heterocycles. The molecule has 8 heteroatoms. The molecule has 3 rings (SSSR count). The Labute approximate surface area is 136 Å². The van der Waals surface area contributed by atoms with E-state index >= 15 is 0 Å². The van der Waals surface area contributed by atoms with Crippen molar-refractivity contribution in [3.8, 4) is 0 Å². The number of carboxylic acids is 1. The van der Waals surface area contributed by atoms with Gasteiger partial charge >= 0.3 is 5.97 Å². The molecule has 4 atom stereocenters. The molecule has 0 saturated carbocycles. The molecule has 0 spiro atoms. The number of hydrogen-bond donors (Lipinski definition) is 2. The monoisotopic (exact) mass is 340 g/mol. The van der Waals surface area contributed by atoms with Crippen LogP contribution in [-0.4, -0.2) is 56.3 Å². The van der Waals surface area contributed by atoms with Crippen LogP contribution < -0.4 is 0 Å². The third-order valence-corrected chi connectivity index (χ3v) is 6.59. The van der Waals surface area contributed by atoms with Crippen molar-refractivity contribution in [1.29, 1.82) is 0 Å². The molecule has 1 aromatic heterocycles. The Kier molecular flexibility index (Phi) is 3.86. The third kappa shape index (κ3) is 2.04. The quantitative estimate of drug-likeness (QED) is 0.624. The maximum atomic E-state index is 12.1. The zero-order valence-corrected chi connectivity index (χ0v) is 13.7. The van der Waals surface area contributed by atoms with E-state index < -0.39 is 22.7 Å². The fourth-order valence-electron chi connectivity index (χ4n) is 3.03. The largest absolute Gasteiger partial charge is 0.480 e. The predicted octanol–water partition coefficient (Wildman–Crippen LogP) is 0.995. The first-order valence-corrected chi connectivity index (χ1v) is 8.92. The van der Waals surface area contributed by atoms with E-state index in [1.54, 1.807) is 30.2 Å². The van der Waals surface area contributed by atoms with E-state index in [1.807, 2.05) is 6.26 Å². The van der Waals surface area contributed by atoms with Gasteiger partial charge in [-0.15, -0.1) is 23.5 Å². The Morgan fingerprint density at radius 2 is 2.36 bits per heavy atom. The zero-order chi connectivity index (χ0) is 16.1. The summed E-state index contributed by atoms with van der Waals surface area (Å²) >= 11 is 2.62. The minimum Gasteiger partial charge on any atom is -0.480 e. The van der Waals surface area contributed by atoms with E-state index in [9.17, 15) is 19.8 Å². The Morgan fingerprint density at radius 3 is 2.95 bits per heavy atom. The van der Waals surface area contributed by atoms with Gasteiger partial charge < -0.3 is 15.1 Å². The molecular weight excluding hydrogens is 324 g/mol. The highest BCUT2D eigenvalue weighted by molar-refractivity contribution is 8.02. The van der Waals surface area contributed by atoms with Crippen molar-refractivity contribution in [1.82, 2.24) is 9.88 Å². The van der Waals surface area contributed by atoms with Gasteiger partial charge in [0.1, 0.15) is 5.03 Å². The summed E-state index contributed by atoms with van der Waals surface area (Å²) in [5, 5.41) is 20.0. The van der Waals surface area contributed by atoms with Crippen molar-refractivity contribution in [2.24, 2.45) is 5.92 Å². The molecule has 0 aromatic carbocycles. The number of fused-ring (bicyclic) bond motifs is 1. The first kappa shape index (κ1) is 15.6. The van der Waals surface area contributed by atoms with Gasteiger partial charge in [0.25, 0.3) is 0 Å². The van der Waals surface area contributed by atoms with Gasteiger partial charge in [-0.2, -0.15) is 0 Å². The average molecular weight is 340 g/mol. The van der Waals surface area contributed by atoms with Gasteiger partial charge in [0.2, 0.25) is 5.91 Å². The van der Waals surface area contributed by atoms with E-state index in [-0.39, 0.29) is 17.8 Å². The number of aliphatic hydroxyl groups is 1. The second kappa shape index (κ2) is 5.43. The van der Waals surface area contributed by atoms with Crippen molar-refractivity contribution in [2.75, 3.05) is 12.8 Å². The molecule has 1 aromatic rings. The van der Waals surface area contributed by atoms with Gasteiger partial charge in [-0.3, -0.25) is 9.59 Å². The highest BCUT2D eigenvalue weighted by Gasteiger charge is 2.63. The number of β-lactam (4-membered cyclic amide) rings is 1. The van der Waals surface area contributed by atoms with Crippen molar-refractivity contribution < 1.29 is 19.8 Å². The number of aliphatic carboxylic acids is 1. The van der Waals surface area contributed by atoms with Gasteiger partial charge in [0.05, 0.1) is 23.9 Å². The van der Waals surface area contributed by atoms with Crippen LogP contribution in [0.15, 0.2) is 23.4 Å². The lowest BCUT2D eigenvalue weighted by atomic mass is 9.90. The molecule has 2 fully saturated rings. The SMILES string of the molecule is CSc1ncccc1C1(C(=O)O)CN2C(=O)[C@H]([C@@H](C)O)[C@H]2S1. The molecule has 1 amide bonds. The lowest BCUT2D eigenvalue weighted by molar-refractivity contribution is -0.156. The fraction of sp³-hybridized carbons (Fsp3) is 0.500. The van der Waals surface area contributed by atoms with Crippen LogP contribution in [0.25, 0.3) is 0 Å². The van der Waals surface area contributed by atoms with Crippen LogP contribution in [-0.2, 0) is 14.3 Å². The molecule has 0 bridgehead atoms. The van der Waals surface area contributed by atoms with Crippen molar-refractivity contribution in [3.05, 3.63) is 23.9 Å². The van der Waals surface area contributed by atoms with E-state index in [0.29, 0.717) is 10.6 Å². The molecule has 1 unspecified atom stereocenters. The lowest BCUT2D eigenvalue weighted by Crippen LogP contribution is -2.60. The first-order chi connectivity index (χ1) is 10.4. The fourth-order valence-corrected chi connectivity index (χ4v) is 5.53. The van der Waals surface area contributed by atoms with E-state index in [4.69, 9.17) is 0 Å². The number of pyridine rings is 1. The number of thioether (sulfide) groups is 2. The second-order valence-corrected chi connectivity index (χ2v) is 7.64. The number of aromatic nitrogens is 1. The summed E-state index contributed by atoms with van der Waals surface area (Å²) in [6.07, 6.45) is 2.70. The van der Waals surface area contributed by atoms with Crippen LogP contribution in [0, 0.1) is 5.92 Å². The molecule has 0 radical (unpaired) electrons. The molecule has 118 valence electrons. The Hall–Kier alpha value is -1.25. The number of carbonyl (C=O) groups is 2. The summed E-state index contributed by atoms with van der Waals surface area (Å²) < 4.78 is -1.23. The van der Waals surface area contributed by atoms with Gasteiger partial charge in [0, 0.05) is 11.8 Å². The summed E-state index contributed by atoms with van der Waals surface area (Å²) in [5.41, 5.74) is 0.617. The lowest BCUT2D eigenvalue weighted by Gasteiger charge is -2.42. The summed E-state index contributed by atoms with van der Waals surface area (Å²) in [7, 11) is 0. The molecule has 6 nitrogen and oxygen atoms in total. The summed E-state index contributed by atoms with van der Waals surface area (Å²) in [4.78, 5) is 30.0. The third-order valence-electron chi connectivity index (χ3n) is 4.16. The minimum absolute atomic E-state index is 0.110. The van der Waals surface area contributed by atoms with Crippen molar-refractivity contribution in [3.63, 3.8) is 0 Å². The highest BCUT2D eigenvalue weighted by Crippen LogP contribution is 2.56. The smallest absolute Gasteiger partial charge is 0.326 e. The van der Waals surface area contributed by atoms with E-state index in [2.05, 4.69) is 4.98 Å². The minimum atomic E-state index is -1.23. The second-order valence-electron chi connectivity index (χ2n) is 5.43. The van der Waals surface area contributed by atoms with Gasteiger partial charge in [-0.25, -0.2) is 4.98 Å². The predicted molar refractivity (Wildman–Crippen MR) is 83.6 cm³/mol. The Bertz CT molecular complexity index is 639. The Morgan fingerprint density at radius 1 is 1.64 bits per heavy atom. The van der Waals surface area contributed by atoms with Gasteiger partial charge in [-0.1, -0.05) is 6.07 Å². The molecule has 2 N–H and O–H groups in total. The number of hydrogen-bond acceptors (Lipinski definition) is 6. The standard InChI is InChI=1S/C14H16N2O4S2/c1-7(17)9-11(18)16-6-14(13(19)20,22-12(9)16)8-4-3-5-15-10(8)21-2/h3-5,7,9,12,17H,6H2,1-2H3,(H,19,20)/t7-,9+,12-,14?/m1/s1. The normalized spacial score (nSPS) is 31.6. The summed E-state index contributed by atoms with van der Waals surface area (Å²) in [6, 6.07) is 3.47. The molecule has 2 aliphatic heterocycles. The van der Waals surface area contributed by atoms with Crippen LogP contribution in [0.2, 0.25) is 0 Å². The summed E-state index contributed by atoms with van der Waals surface area (Å²) in [6.45, 7) is 1.68. The average Bonchev–Trinajstić information content (AvgIpc) is 2.83. The summed E-state index contributed by atoms with van der Waals surface area (Å²) in [5.74, 6) is -1.68. The number of carboxylic acid groups (broad SMARTS) is 1. The molecule has 3 heterocycles. The number of carbonyl (C=O) groups excluding carboxylic acids is 1. The Balaban J connectivity index is 2.03. The number of aliphatic hydroxyl groups excluding tert-OH is 1. The van der Waals surface area contributed by atoms with Crippen LogP contribution in [0.1, 0.15) is 12.5 Å². The highest BCUT2D eigenvalue weighted by atomic mass is 32.2. The van der Waals surface area contributed by atoms with Gasteiger partial charge in [0.15, 0.2) is 4.75 Å². The maximum Gasteiger partial charge on any atom is 0.326 e. The maximum absolute atomic E-state index is 12.1. The van der Waals surface area contributed by atoms with Crippen molar-refractivity contribution in [2.45, 2.75) is 28.2 Å². The number of rotatable bonds is 4. The number of amides is 1. The van der Waals surface area contributed by atoms with E-state index in [1.165, 1.54) is 23.5 Å². The van der Waals surface area contributed by atoms with Crippen LogP contribution in [0.4, 0.5) is 0 Å². The molecule has 2 aliphatic rings. The van der Waals surface area contributed by atoms with Crippen LogP contribution in [0.5, 0.6) is 0 Å². The zero-order valence-electron chi connectivity index (χ0n) is 12.1. The number of nitrogens with zero attached hydrogens (tertiary/aromatic N) is 2. The van der Waals surface area contributed by atoms with Crippen LogP contribution in [0.3, 0.4) is 0 Å². The molecule has 0 aliphatic carbocycles. The van der Waals surface area contributed by atoms with Crippen LogP contribution >= 0.6 is 23.5 Å². The van der Waals surface area contributed by atoms with Gasteiger partial charge in [-0.05, 0) is 19.2 Å². The molecule has 22 heavy (non-hydrogen) atoms. The van der Waals surface area contributed by atoms with E-state index in [0.717, 1.165) is 0 Å². The topological polar surface area (TPSA) is 90.7 Å². The molecular formula is C14H16N2O4S2.